The van der Waals surface area contributed by atoms with Gasteiger partial charge in [0, 0.05) is 12.1 Å². The van der Waals surface area contributed by atoms with E-state index in [2.05, 4.69) is 16.9 Å². The first kappa shape index (κ1) is 21.6. The normalized spacial score (nSPS) is 12.3. The van der Waals surface area contributed by atoms with Crippen LogP contribution in [-0.4, -0.2) is 13.4 Å². The zero-order chi connectivity index (χ0) is 22.6. The number of nitrogens with one attached hydrogen (secondary N) is 1. The molecule has 4 rings (SSSR count). The topological polar surface area (TPSA) is 72.2 Å². The number of anilines is 1. The highest BCUT2D eigenvalue weighted by atomic mass is 32.2. The Balaban J connectivity index is 1.76. The van der Waals surface area contributed by atoms with Crippen LogP contribution in [0, 0.1) is 6.92 Å². The van der Waals surface area contributed by atoms with Crippen LogP contribution in [0.1, 0.15) is 21.9 Å². The van der Waals surface area contributed by atoms with Gasteiger partial charge >= 0.3 is 0 Å². The Bertz CT molecular complexity index is 1300. The molecule has 5 nitrogen and oxygen atoms in total. The number of sulfone groups is 1. The predicted molar refractivity (Wildman–Crippen MR) is 127 cm³/mol. The molecule has 4 aromatic rings. The van der Waals surface area contributed by atoms with E-state index in [1.807, 2.05) is 79.7 Å². The van der Waals surface area contributed by atoms with Gasteiger partial charge in [-0.1, -0.05) is 84.4 Å². The Kier molecular flexibility index (Phi) is 6.23. The predicted octanol–water partition coefficient (Wildman–Crippen LogP) is 5.96. The van der Waals surface area contributed by atoms with Gasteiger partial charge in [-0.3, -0.25) is 0 Å². The maximum Gasteiger partial charge on any atom is 0.233 e. The van der Waals surface area contributed by atoms with Crippen molar-refractivity contribution in [3.05, 3.63) is 114 Å². The molecule has 0 saturated heterocycles. The lowest BCUT2D eigenvalue weighted by Crippen LogP contribution is -2.14. The first-order valence-electron chi connectivity index (χ1n) is 10.3. The van der Waals surface area contributed by atoms with E-state index in [4.69, 9.17) is 4.42 Å². The maximum absolute atomic E-state index is 13.7. The Morgan fingerprint density at radius 2 is 1.59 bits per heavy atom. The summed E-state index contributed by atoms with van der Waals surface area (Å²) in [7, 11) is -3.92. The Labute approximate surface area is 188 Å². The third kappa shape index (κ3) is 4.50. The molecule has 6 heteroatoms. The SMILES string of the molecule is C=CC(c1ccc(C)cc1)S(=O)(=O)c1nc(-c2ccccc2)oc1NCc1ccccc1. The summed E-state index contributed by atoms with van der Waals surface area (Å²) in [6.45, 7) is 6.14. The highest BCUT2D eigenvalue weighted by Crippen LogP contribution is 2.36. The van der Waals surface area contributed by atoms with Crippen molar-refractivity contribution in [3.63, 3.8) is 0 Å². The second kappa shape index (κ2) is 9.24. The van der Waals surface area contributed by atoms with Crippen LogP contribution in [0.15, 0.2) is 107 Å². The van der Waals surface area contributed by atoms with Gasteiger partial charge in [0.05, 0.1) is 0 Å². The van der Waals surface area contributed by atoms with Gasteiger partial charge in [-0.05, 0) is 30.2 Å². The van der Waals surface area contributed by atoms with Crippen molar-refractivity contribution in [1.29, 1.82) is 0 Å². The molecule has 0 saturated carbocycles. The minimum absolute atomic E-state index is 0.117. The van der Waals surface area contributed by atoms with E-state index >= 15 is 0 Å². The van der Waals surface area contributed by atoms with Gasteiger partial charge < -0.3 is 9.73 Å². The minimum atomic E-state index is -3.92. The molecule has 1 heterocycles. The second-order valence-corrected chi connectivity index (χ2v) is 9.46. The molecule has 0 aliphatic heterocycles. The largest absolute Gasteiger partial charge is 0.419 e. The third-order valence-electron chi connectivity index (χ3n) is 5.14. The average molecular weight is 445 g/mol. The van der Waals surface area contributed by atoms with Gasteiger partial charge in [0.25, 0.3) is 0 Å². The number of hydrogen-bond donors (Lipinski definition) is 1. The van der Waals surface area contributed by atoms with E-state index in [1.54, 1.807) is 12.1 Å². The summed E-state index contributed by atoms with van der Waals surface area (Å²) in [5.74, 6) is 0.359. The molecule has 1 aromatic heterocycles. The molecule has 0 aliphatic carbocycles. The second-order valence-electron chi connectivity index (χ2n) is 7.47. The van der Waals surface area contributed by atoms with E-state index in [-0.39, 0.29) is 16.8 Å². The maximum atomic E-state index is 13.7. The highest BCUT2D eigenvalue weighted by Gasteiger charge is 2.34. The van der Waals surface area contributed by atoms with Crippen molar-refractivity contribution < 1.29 is 12.8 Å². The van der Waals surface area contributed by atoms with E-state index in [0.29, 0.717) is 17.7 Å². The minimum Gasteiger partial charge on any atom is -0.419 e. The van der Waals surface area contributed by atoms with Crippen molar-refractivity contribution >= 4 is 15.7 Å². The zero-order valence-electron chi connectivity index (χ0n) is 17.7. The molecule has 1 unspecified atom stereocenters. The fourth-order valence-corrected chi connectivity index (χ4v) is 5.00. The monoisotopic (exact) mass is 444 g/mol. The summed E-state index contributed by atoms with van der Waals surface area (Å²) in [5.41, 5.74) is 3.37. The first-order valence-corrected chi connectivity index (χ1v) is 11.8. The van der Waals surface area contributed by atoms with Crippen molar-refractivity contribution in [2.45, 2.75) is 23.7 Å². The average Bonchev–Trinajstić information content (AvgIpc) is 3.26. The van der Waals surface area contributed by atoms with Crippen molar-refractivity contribution in [2.24, 2.45) is 0 Å². The van der Waals surface area contributed by atoms with Gasteiger partial charge in [-0.25, -0.2) is 8.42 Å². The highest BCUT2D eigenvalue weighted by molar-refractivity contribution is 7.91. The summed E-state index contributed by atoms with van der Waals surface area (Å²) in [6, 6.07) is 26.3. The third-order valence-corrected chi connectivity index (χ3v) is 7.09. The van der Waals surface area contributed by atoms with Crippen LogP contribution >= 0.6 is 0 Å². The zero-order valence-corrected chi connectivity index (χ0v) is 18.5. The van der Waals surface area contributed by atoms with Crippen LogP contribution < -0.4 is 5.32 Å². The Morgan fingerprint density at radius 1 is 0.969 bits per heavy atom. The standard InChI is InChI=1S/C26H24N2O3S/c1-3-23(21-16-14-19(2)15-17-21)32(29,30)26-25(27-18-20-10-6-4-7-11-20)31-24(28-26)22-12-8-5-9-13-22/h3-17,23,27H,1,18H2,2H3. The molecule has 0 bridgehead atoms. The first-order chi connectivity index (χ1) is 15.5. The fourth-order valence-electron chi connectivity index (χ4n) is 3.41. The summed E-state index contributed by atoms with van der Waals surface area (Å²) in [5, 5.41) is 2.05. The summed E-state index contributed by atoms with van der Waals surface area (Å²) in [4.78, 5) is 4.41. The lowest BCUT2D eigenvalue weighted by atomic mass is 10.1. The lowest BCUT2D eigenvalue weighted by Gasteiger charge is -2.14. The van der Waals surface area contributed by atoms with Gasteiger partial charge in [0.1, 0.15) is 5.25 Å². The van der Waals surface area contributed by atoms with Crippen LogP contribution in [0.25, 0.3) is 11.5 Å². The summed E-state index contributed by atoms with van der Waals surface area (Å²) < 4.78 is 33.3. The van der Waals surface area contributed by atoms with Crippen molar-refractivity contribution in [3.8, 4) is 11.5 Å². The van der Waals surface area contributed by atoms with Crippen LogP contribution in [-0.2, 0) is 16.4 Å². The number of benzene rings is 3. The summed E-state index contributed by atoms with van der Waals surface area (Å²) in [6.07, 6.45) is 1.43. The van der Waals surface area contributed by atoms with E-state index in [9.17, 15) is 8.42 Å². The number of nitrogens with zero attached hydrogens (tertiary/aromatic N) is 1. The molecule has 1 atom stereocenters. The molecular weight excluding hydrogens is 420 g/mol. The molecule has 3 aromatic carbocycles. The van der Waals surface area contributed by atoms with Crippen LogP contribution in [0.2, 0.25) is 0 Å². The number of aryl methyl sites for hydroxylation is 1. The van der Waals surface area contributed by atoms with Gasteiger partial charge in [-0.2, -0.15) is 4.98 Å². The van der Waals surface area contributed by atoms with Gasteiger partial charge in [-0.15, -0.1) is 6.58 Å². The molecule has 0 aliphatic rings. The molecular formula is C26H24N2O3S. The number of aromatic nitrogens is 1. The number of hydrogen-bond acceptors (Lipinski definition) is 5. The Morgan fingerprint density at radius 3 is 2.22 bits per heavy atom. The molecule has 0 radical (unpaired) electrons. The van der Waals surface area contributed by atoms with Crippen LogP contribution in [0.4, 0.5) is 5.88 Å². The van der Waals surface area contributed by atoms with Crippen LogP contribution in [0.5, 0.6) is 0 Å². The van der Waals surface area contributed by atoms with Gasteiger partial charge in [0.2, 0.25) is 26.6 Å². The molecule has 162 valence electrons. The Hall–Kier alpha value is -3.64. The van der Waals surface area contributed by atoms with Crippen molar-refractivity contribution in [2.75, 3.05) is 5.32 Å². The van der Waals surface area contributed by atoms with Crippen LogP contribution in [0.3, 0.4) is 0 Å². The van der Waals surface area contributed by atoms with E-state index in [1.165, 1.54) is 6.08 Å². The molecule has 0 amide bonds. The molecule has 1 N–H and O–H groups in total. The van der Waals surface area contributed by atoms with E-state index in [0.717, 1.165) is 11.1 Å². The smallest absolute Gasteiger partial charge is 0.233 e. The van der Waals surface area contributed by atoms with Crippen molar-refractivity contribution in [1.82, 2.24) is 4.98 Å². The quantitative estimate of drug-likeness (QED) is 0.339. The fraction of sp³-hybridized carbons (Fsp3) is 0.115. The molecule has 32 heavy (non-hydrogen) atoms. The molecule has 0 fully saturated rings. The van der Waals surface area contributed by atoms with E-state index < -0.39 is 15.1 Å². The number of rotatable bonds is 8. The summed E-state index contributed by atoms with van der Waals surface area (Å²) >= 11 is 0. The van der Waals surface area contributed by atoms with Gasteiger partial charge in [0.15, 0.2) is 0 Å². The molecule has 0 spiro atoms. The number of oxazole rings is 1. The lowest BCUT2D eigenvalue weighted by molar-refractivity contribution is 0.574.